The zero-order chi connectivity index (χ0) is 17.6. The molecule has 24 heavy (non-hydrogen) atoms. The number of carbonyl (C=O) groups excluding carboxylic acids is 1. The third kappa shape index (κ3) is 5.54. The van der Waals surface area contributed by atoms with E-state index in [-0.39, 0.29) is 12.2 Å². The van der Waals surface area contributed by atoms with Crippen LogP contribution in [-0.2, 0) is 17.4 Å². The summed E-state index contributed by atoms with van der Waals surface area (Å²) in [6.07, 6.45) is -3.85. The lowest BCUT2D eigenvalue weighted by molar-refractivity contribution is -0.137. The fourth-order valence-electron chi connectivity index (χ4n) is 2.16. The van der Waals surface area contributed by atoms with E-state index in [9.17, 15) is 18.0 Å². The molecule has 0 radical (unpaired) electrons. The van der Waals surface area contributed by atoms with Crippen molar-refractivity contribution in [3.05, 3.63) is 64.7 Å². The molecule has 2 rings (SSSR count). The summed E-state index contributed by atoms with van der Waals surface area (Å²) in [7, 11) is 0. The molecule has 2 N–H and O–H groups in total. The van der Waals surface area contributed by atoms with Crippen molar-refractivity contribution in [1.82, 2.24) is 5.32 Å². The number of alkyl halides is 3. The number of benzene rings is 2. The number of nitrogens with one attached hydrogen (secondary N) is 2. The van der Waals surface area contributed by atoms with Crippen LogP contribution in [0.15, 0.2) is 48.5 Å². The van der Waals surface area contributed by atoms with Gasteiger partial charge in [0.25, 0.3) is 0 Å². The van der Waals surface area contributed by atoms with Gasteiger partial charge in [0, 0.05) is 5.02 Å². The van der Waals surface area contributed by atoms with Gasteiger partial charge < -0.3 is 10.6 Å². The second-order valence-corrected chi connectivity index (χ2v) is 5.58. The Morgan fingerprint density at radius 2 is 1.83 bits per heavy atom. The van der Waals surface area contributed by atoms with Crippen molar-refractivity contribution in [2.45, 2.75) is 12.6 Å². The van der Waals surface area contributed by atoms with E-state index in [2.05, 4.69) is 10.6 Å². The van der Waals surface area contributed by atoms with Crippen molar-refractivity contribution in [3.63, 3.8) is 0 Å². The first-order valence-corrected chi connectivity index (χ1v) is 7.65. The molecule has 0 atom stereocenters. The summed E-state index contributed by atoms with van der Waals surface area (Å²) in [5, 5.41) is 5.81. The smallest absolute Gasteiger partial charge is 0.324 e. The lowest BCUT2D eigenvalue weighted by atomic mass is 10.1. The zero-order valence-corrected chi connectivity index (χ0v) is 13.4. The Morgan fingerprint density at radius 1 is 1.08 bits per heavy atom. The largest absolute Gasteiger partial charge is 0.418 e. The van der Waals surface area contributed by atoms with Gasteiger partial charge in [-0.25, -0.2) is 0 Å². The molecule has 1 amide bonds. The first-order chi connectivity index (χ1) is 11.4. The molecule has 7 heteroatoms. The van der Waals surface area contributed by atoms with Gasteiger partial charge in [0.05, 0.1) is 17.8 Å². The van der Waals surface area contributed by atoms with Crippen molar-refractivity contribution >= 4 is 23.2 Å². The lowest BCUT2D eigenvalue weighted by Crippen LogP contribution is -2.30. The van der Waals surface area contributed by atoms with Crippen molar-refractivity contribution in [1.29, 1.82) is 0 Å². The molecule has 0 fully saturated rings. The molecule has 0 spiro atoms. The Bertz CT molecular complexity index is 704. The van der Waals surface area contributed by atoms with Crippen LogP contribution in [0, 0.1) is 0 Å². The van der Waals surface area contributed by atoms with E-state index < -0.39 is 17.6 Å². The molecule has 128 valence electrons. The summed E-state index contributed by atoms with van der Waals surface area (Å²) in [5.74, 6) is -0.530. The van der Waals surface area contributed by atoms with E-state index in [0.29, 0.717) is 18.0 Å². The Morgan fingerprint density at radius 3 is 2.54 bits per heavy atom. The van der Waals surface area contributed by atoms with Crippen LogP contribution in [0.2, 0.25) is 5.02 Å². The summed E-state index contributed by atoms with van der Waals surface area (Å²) >= 11 is 5.87. The Labute approximate surface area is 142 Å². The van der Waals surface area contributed by atoms with Crippen LogP contribution < -0.4 is 10.6 Å². The van der Waals surface area contributed by atoms with Gasteiger partial charge in [-0.1, -0.05) is 35.9 Å². The maximum atomic E-state index is 12.8. The molecule has 0 aromatic heterocycles. The molecular formula is C17H16ClF3N2O. The predicted molar refractivity (Wildman–Crippen MR) is 88.1 cm³/mol. The molecule has 0 heterocycles. The van der Waals surface area contributed by atoms with Crippen LogP contribution in [0.5, 0.6) is 0 Å². The molecule has 2 aromatic carbocycles. The van der Waals surface area contributed by atoms with Crippen molar-refractivity contribution in [2.24, 2.45) is 0 Å². The van der Waals surface area contributed by atoms with E-state index in [1.165, 1.54) is 18.2 Å². The molecule has 0 saturated carbocycles. The van der Waals surface area contributed by atoms with Crippen LogP contribution in [0.25, 0.3) is 0 Å². The predicted octanol–water partition coefficient (Wildman–Crippen LogP) is 4.13. The van der Waals surface area contributed by atoms with Crippen molar-refractivity contribution in [3.8, 4) is 0 Å². The number of hydrogen-bond donors (Lipinski definition) is 2. The molecule has 0 aliphatic heterocycles. The number of hydrogen-bond acceptors (Lipinski definition) is 2. The van der Waals surface area contributed by atoms with Crippen LogP contribution in [0.4, 0.5) is 18.9 Å². The summed E-state index contributed by atoms with van der Waals surface area (Å²) in [6, 6.07) is 12.2. The fourth-order valence-corrected chi connectivity index (χ4v) is 2.37. The highest BCUT2D eigenvalue weighted by molar-refractivity contribution is 6.30. The van der Waals surface area contributed by atoms with Gasteiger partial charge in [-0.3, -0.25) is 4.79 Å². The van der Waals surface area contributed by atoms with Gasteiger partial charge in [-0.2, -0.15) is 13.2 Å². The Hall–Kier alpha value is -2.05. The maximum absolute atomic E-state index is 12.8. The second kappa shape index (κ2) is 8.17. The number of carbonyl (C=O) groups is 1. The van der Waals surface area contributed by atoms with E-state index in [0.717, 1.165) is 11.6 Å². The monoisotopic (exact) mass is 356 g/mol. The van der Waals surface area contributed by atoms with Crippen molar-refractivity contribution in [2.75, 3.05) is 18.4 Å². The highest BCUT2D eigenvalue weighted by Crippen LogP contribution is 2.34. The SMILES string of the molecule is O=C(CNCCc1cccc(Cl)c1)Nc1ccccc1C(F)(F)F. The van der Waals surface area contributed by atoms with Crippen LogP contribution in [0.1, 0.15) is 11.1 Å². The van der Waals surface area contributed by atoms with Crippen LogP contribution >= 0.6 is 11.6 Å². The van der Waals surface area contributed by atoms with E-state index in [1.807, 2.05) is 18.2 Å². The minimum absolute atomic E-state index is 0.0766. The van der Waals surface area contributed by atoms with E-state index in [4.69, 9.17) is 11.6 Å². The summed E-state index contributed by atoms with van der Waals surface area (Å²) in [6.45, 7) is 0.432. The molecule has 0 bridgehead atoms. The molecular weight excluding hydrogens is 341 g/mol. The van der Waals surface area contributed by atoms with Crippen LogP contribution in [0.3, 0.4) is 0 Å². The highest BCUT2D eigenvalue weighted by Gasteiger charge is 2.33. The average Bonchev–Trinajstić information content (AvgIpc) is 2.51. The number of halogens is 4. The quantitative estimate of drug-likeness (QED) is 0.764. The topological polar surface area (TPSA) is 41.1 Å². The molecule has 0 saturated heterocycles. The normalized spacial score (nSPS) is 11.3. The third-order valence-electron chi connectivity index (χ3n) is 3.27. The first kappa shape index (κ1) is 18.3. The summed E-state index contributed by atoms with van der Waals surface area (Å²) in [5.41, 5.74) is -0.0956. The molecule has 2 aromatic rings. The third-order valence-corrected chi connectivity index (χ3v) is 3.51. The number of anilines is 1. The number of para-hydroxylation sites is 1. The Kier molecular flexibility index (Phi) is 6.23. The number of amides is 1. The van der Waals surface area contributed by atoms with Crippen molar-refractivity contribution < 1.29 is 18.0 Å². The van der Waals surface area contributed by atoms with Gasteiger partial charge in [-0.15, -0.1) is 0 Å². The second-order valence-electron chi connectivity index (χ2n) is 5.15. The van der Waals surface area contributed by atoms with E-state index >= 15 is 0 Å². The van der Waals surface area contributed by atoms with Gasteiger partial charge >= 0.3 is 6.18 Å². The minimum atomic E-state index is -4.51. The molecule has 0 aliphatic carbocycles. The molecule has 0 unspecified atom stereocenters. The lowest BCUT2D eigenvalue weighted by Gasteiger charge is -2.13. The fraction of sp³-hybridized carbons (Fsp3) is 0.235. The maximum Gasteiger partial charge on any atom is 0.418 e. The average molecular weight is 357 g/mol. The summed E-state index contributed by atoms with van der Waals surface area (Å²) < 4.78 is 38.5. The molecule has 0 aliphatic rings. The van der Waals surface area contributed by atoms with E-state index in [1.54, 1.807) is 6.07 Å². The number of rotatable bonds is 6. The first-order valence-electron chi connectivity index (χ1n) is 7.27. The highest BCUT2D eigenvalue weighted by atomic mass is 35.5. The minimum Gasteiger partial charge on any atom is -0.324 e. The zero-order valence-electron chi connectivity index (χ0n) is 12.7. The van der Waals surface area contributed by atoms with Crippen LogP contribution in [-0.4, -0.2) is 19.0 Å². The van der Waals surface area contributed by atoms with Gasteiger partial charge in [0.15, 0.2) is 0 Å². The standard InChI is InChI=1S/C17H16ClF3N2O/c18-13-5-3-4-12(10-13)8-9-22-11-16(24)23-15-7-2-1-6-14(15)17(19,20)21/h1-7,10,22H,8-9,11H2,(H,23,24). The molecule has 3 nitrogen and oxygen atoms in total. The van der Waals surface area contributed by atoms with Gasteiger partial charge in [0.1, 0.15) is 0 Å². The van der Waals surface area contributed by atoms with Gasteiger partial charge in [0.2, 0.25) is 5.91 Å². The Balaban J connectivity index is 1.82. The summed E-state index contributed by atoms with van der Waals surface area (Å²) in [4.78, 5) is 11.8. The van der Waals surface area contributed by atoms with Gasteiger partial charge in [-0.05, 0) is 42.8 Å².